The van der Waals surface area contributed by atoms with Gasteiger partial charge in [-0.05, 0) is 49.3 Å². The van der Waals surface area contributed by atoms with Gasteiger partial charge in [0.1, 0.15) is 0 Å². The highest BCUT2D eigenvalue weighted by atomic mass is 19.4. The van der Waals surface area contributed by atoms with Gasteiger partial charge in [-0.3, -0.25) is 0 Å². The van der Waals surface area contributed by atoms with E-state index in [0.29, 0.717) is 17.9 Å². The van der Waals surface area contributed by atoms with Crippen LogP contribution in [0.3, 0.4) is 0 Å². The first-order valence-corrected chi connectivity index (χ1v) is 7.72. The van der Waals surface area contributed by atoms with Crippen molar-refractivity contribution in [2.24, 2.45) is 11.8 Å². The molecule has 1 aliphatic carbocycles. The average Bonchev–Trinajstić information content (AvgIpc) is 2.42. The highest BCUT2D eigenvalue weighted by molar-refractivity contribution is 5.26. The fraction of sp³-hybridized carbons (Fsp3) is 0.647. The first-order valence-electron chi connectivity index (χ1n) is 7.72. The smallest absolute Gasteiger partial charge is 0.307 e. The third-order valence-electron chi connectivity index (χ3n) is 4.73. The zero-order chi connectivity index (χ0) is 15.6. The molecule has 1 aromatic carbocycles. The van der Waals surface area contributed by atoms with E-state index in [0.717, 1.165) is 5.56 Å². The Kier molecular flexibility index (Phi) is 4.97. The maximum atomic E-state index is 12.6. The SMILES string of the molecule is CC(NC1C(C)CCCC1C)c1ccc(C(F)(F)F)cc1. The molecule has 1 nitrogen and oxygen atoms in total. The van der Waals surface area contributed by atoms with Crippen LogP contribution in [0.5, 0.6) is 0 Å². The summed E-state index contributed by atoms with van der Waals surface area (Å²) in [5.41, 5.74) is 0.325. The molecule has 0 aliphatic heterocycles. The van der Waals surface area contributed by atoms with Gasteiger partial charge in [0.15, 0.2) is 0 Å². The van der Waals surface area contributed by atoms with Gasteiger partial charge in [-0.25, -0.2) is 0 Å². The normalized spacial score (nSPS) is 28.4. The maximum Gasteiger partial charge on any atom is 0.416 e. The minimum absolute atomic E-state index is 0.0697. The van der Waals surface area contributed by atoms with Crippen LogP contribution in [-0.4, -0.2) is 6.04 Å². The molecule has 21 heavy (non-hydrogen) atoms. The predicted molar refractivity (Wildman–Crippen MR) is 79.0 cm³/mol. The summed E-state index contributed by atoms with van der Waals surface area (Å²) in [6, 6.07) is 6.01. The minimum atomic E-state index is -4.26. The number of hydrogen-bond donors (Lipinski definition) is 1. The molecule has 0 radical (unpaired) electrons. The Morgan fingerprint density at radius 1 is 1.05 bits per heavy atom. The summed E-state index contributed by atoms with van der Waals surface area (Å²) < 4.78 is 37.7. The van der Waals surface area contributed by atoms with Crippen LogP contribution in [-0.2, 0) is 6.18 Å². The van der Waals surface area contributed by atoms with E-state index in [9.17, 15) is 13.2 Å². The van der Waals surface area contributed by atoms with Crippen molar-refractivity contribution in [1.82, 2.24) is 5.32 Å². The van der Waals surface area contributed by atoms with Crippen LogP contribution in [0.2, 0.25) is 0 Å². The molecular weight excluding hydrogens is 275 g/mol. The van der Waals surface area contributed by atoms with E-state index >= 15 is 0 Å². The number of alkyl halides is 3. The third-order valence-corrected chi connectivity index (χ3v) is 4.73. The van der Waals surface area contributed by atoms with Gasteiger partial charge >= 0.3 is 6.18 Å². The molecule has 0 aromatic heterocycles. The van der Waals surface area contributed by atoms with Crippen LogP contribution < -0.4 is 5.32 Å². The van der Waals surface area contributed by atoms with Gasteiger partial charge in [0.2, 0.25) is 0 Å². The minimum Gasteiger partial charge on any atom is -0.307 e. The lowest BCUT2D eigenvalue weighted by Crippen LogP contribution is -2.43. The lowest BCUT2D eigenvalue weighted by molar-refractivity contribution is -0.137. The second-order valence-electron chi connectivity index (χ2n) is 6.42. The van der Waals surface area contributed by atoms with Crippen molar-refractivity contribution in [2.75, 3.05) is 0 Å². The lowest BCUT2D eigenvalue weighted by Gasteiger charge is -2.37. The number of rotatable bonds is 3. The van der Waals surface area contributed by atoms with Crippen molar-refractivity contribution in [1.29, 1.82) is 0 Å². The standard InChI is InChI=1S/C17H24F3N/c1-11-5-4-6-12(2)16(11)21-13(3)14-7-9-15(10-8-14)17(18,19)20/h7-13,16,21H,4-6H2,1-3H3. The van der Waals surface area contributed by atoms with Crippen LogP contribution >= 0.6 is 0 Å². The monoisotopic (exact) mass is 299 g/mol. The molecule has 0 bridgehead atoms. The summed E-state index contributed by atoms with van der Waals surface area (Å²) in [5.74, 6) is 1.23. The van der Waals surface area contributed by atoms with E-state index in [1.54, 1.807) is 12.1 Å². The Morgan fingerprint density at radius 3 is 2.05 bits per heavy atom. The summed E-state index contributed by atoms with van der Waals surface area (Å²) in [4.78, 5) is 0. The lowest BCUT2D eigenvalue weighted by atomic mass is 9.78. The van der Waals surface area contributed by atoms with E-state index < -0.39 is 11.7 Å². The zero-order valence-electron chi connectivity index (χ0n) is 12.9. The Hall–Kier alpha value is -1.03. The molecule has 1 fully saturated rings. The molecule has 0 spiro atoms. The molecule has 0 amide bonds. The quantitative estimate of drug-likeness (QED) is 0.811. The second-order valence-corrected chi connectivity index (χ2v) is 6.42. The van der Waals surface area contributed by atoms with E-state index in [2.05, 4.69) is 19.2 Å². The Bertz CT molecular complexity index is 442. The van der Waals surface area contributed by atoms with Crippen LogP contribution in [0.1, 0.15) is 57.2 Å². The first-order chi connectivity index (χ1) is 9.79. The van der Waals surface area contributed by atoms with E-state index in [1.807, 2.05) is 6.92 Å². The van der Waals surface area contributed by atoms with Gasteiger partial charge in [-0.15, -0.1) is 0 Å². The zero-order valence-corrected chi connectivity index (χ0v) is 12.9. The second kappa shape index (κ2) is 6.39. The topological polar surface area (TPSA) is 12.0 Å². The van der Waals surface area contributed by atoms with Crippen molar-refractivity contribution in [2.45, 2.75) is 58.3 Å². The molecule has 1 aliphatic rings. The van der Waals surface area contributed by atoms with E-state index in [1.165, 1.54) is 31.4 Å². The van der Waals surface area contributed by atoms with Crippen LogP contribution in [0.25, 0.3) is 0 Å². The van der Waals surface area contributed by atoms with Crippen molar-refractivity contribution in [3.63, 3.8) is 0 Å². The molecular formula is C17H24F3N. The van der Waals surface area contributed by atoms with E-state index in [-0.39, 0.29) is 6.04 Å². The van der Waals surface area contributed by atoms with Crippen LogP contribution in [0.15, 0.2) is 24.3 Å². The molecule has 0 saturated heterocycles. The molecule has 2 rings (SSSR count). The van der Waals surface area contributed by atoms with Gasteiger partial charge in [0, 0.05) is 12.1 Å². The molecule has 3 atom stereocenters. The van der Waals surface area contributed by atoms with Crippen molar-refractivity contribution < 1.29 is 13.2 Å². The van der Waals surface area contributed by atoms with Crippen LogP contribution in [0.4, 0.5) is 13.2 Å². The van der Waals surface area contributed by atoms with Crippen molar-refractivity contribution in [3.05, 3.63) is 35.4 Å². The average molecular weight is 299 g/mol. The van der Waals surface area contributed by atoms with Gasteiger partial charge in [0.05, 0.1) is 5.56 Å². The first kappa shape index (κ1) is 16.3. The maximum absolute atomic E-state index is 12.6. The summed E-state index contributed by atoms with van der Waals surface area (Å²) in [5, 5.41) is 3.61. The predicted octanol–water partition coefficient (Wildman–Crippen LogP) is 5.18. The summed E-state index contributed by atoms with van der Waals surface area (Å²) >= 11 is 0. The Balaban J connectivity index is 2.04. The molecule has 1 aromatic rings. The fourth-order valence-corrected chi connectivity index (χ4v) is 3.36. The summed E-state index contributed by atoms with van der Waals surface area (Å²) in [6.45, 7) is 6.54. The molecule has 118 valence electrons. The number of hydrogen-bond acceptors (Lipinski definition) is 1. The summed E-state index contributed by atoms with van der Waals surface area (Å²) in [6.07, 6.45) is -0.541. The molecule has 1 saturated carbocycles. The Labute approximate surface area is 124 Å². The number of benzene rings is 1. The molecule has 4 heteroatoms. The molecule has 0 heterocycles. The largest absolute Gasteiger partial charge is 0.416 e. The van der Waals surface area contributed by atoms with Gasteiger partial charge in [-0.2, -0.15) is 13.2 Å². The Morgan fingerprint density at radius 2 is 1.57 bits per heavy atom. The molecule has 1 N–H and O–H groups in total. The van der Waals surface area contributed by atoms with Crippen molar-refractivity contribution >= 4 is 0 Å². The molecule has 3 unspecified atom stereocenters. The van der Waals surface area contributed by atoms with Crippen molar-refractivity contribution in [3.8, 4) is 0 Å². The van der Waals surface area contributed by atoms with E-state index in [4.69, 9.17) is 0 Å². The number of nitrogens with one attached hydrogen (secondary N) is 1. The third kappa shape index (κ3) is 4.00. The highest BCUT2D eigenvalue weighted by Gasteiger charge is 2.31. The van der Waals surface area contributed by atoms with Crippen LogP contribution in [0, 0.1) is 11.8 Å². The van der Waals surface area contributed by atoms with Gasteiger partial charge in [-0.1, -0.05) is 32.4 Å². The van der Waals surface area contributed by atoms with Gasteiger partial charge < -0.3 is 5.32 Å². The van der Waals surface area contributed by atoms with Gasteiger partial charge in [0.25, 0.3) is 0 Å². The summed E-state index contributed by atoms with van der Waals surface area (Å²) in [7, 11) is 0. The highest BCUT2D eigenvalue weighted by Crippen LogP contribution is 2.32. The fourth-order valence-electron chi connectivity index (χ4n) is 3.36. The number of halogens is 3.